The number of hydrogen-bond acceptors (Lipinski definition) is 4. The van der Waals surface area contributed by atoms with Gasteiger partial charge in [-0.2, -0.15) is 0 Å². The van der Waals surface area contributed by atoms with Crippen LogP contribution in [0.3, 0.4) is 0 Å². The molecule has 3 aromatic carbocycles. The molecule has 0 aliphatic heterocycles. The molecule has 148 valence electrons. The van der Waals surface area contributed by atoms with E-state index in [-0.39, 0.29) is 11.1 Å². The molecule has 0 aliphatic rings. The molecule has 4 aromatic rings. The van der Waals surface area contributed by atoms with E-state index in [9.17, 15) is 9.59 Å². The molecular formula is C24H18N2O4. The highest BCUT2D eigenvalue weighted by molar-refractivity contribution is 5.88. The Kier molecular flexibility index (Phi) is 5.13. The predicted octanol–water partition coefficient (Wildman–Crippen LogP) is 4.26. The summed E-state index contributed by atoms with van der Waals surface area (Å²) in [6.45, 7) is 0. The molecule has 0 spiro atoms. The van der Waals surface area contributed by atoms with Gasteiger partial charge in [0.15, 0.2) is 0 Å². The van der Waals surface area contributed by atoms with Crippen LogP contribution in [0.1, 0.15) is 21.7 Å². The smallest absolute Gasteiger partial charge is 0.335 e. The lowest BCUT2D eigenvalue weighted by Crippen LogP contribution is -2.22. The van der Waals surface area contributed by atoms with Gasteiger partial charge in [0.25, 0.3) is 5.56 Å². The SMILES string of the molecule is COc1ccc(/C=C/c2nc3ccccc3c(=O)n2-c2ccc(C(=O)O)cc2)cc1. The number of nitrogens with zero attached hydrogens (tertiary/aromatic N) is 2. The third-order valence-electron chi connectivity index (χ3n) is 4.71. The van der Waals surface area contributed by atoms with Crippen molar-refractivity contribution in [3.05, 3.63) is 100 Å². The first-order valence-electron chi connectivity index (χ1n) is 9.24. The van der Waals surface area contributed by atoms with Crippen LogP contribution in [0.25, 0.3) is 28.7 Å². The van der Waals surface area contributed by atoms with Crippen LogP contribution in [0.15, 0.2) is 77.6 Å². The lowest BCUT2D eigenvalue weighted by molar-refractivity contribution is 0.0697. The zero-order valence-corrected chi connectivity index (χ0v) is 16.1. The molecule has 0 radical (unpaired) electrons. The van der Waals surface area contributed by atoms with Crippen molar-refractivity contribution in [2.75, 3.05) is 7.11 Å². The predicted molar refractivity (Wildman–Crippen MR) is 116 cm³/mol. The number of carboxylic acid groups (broad SMARTS) is 1. The van der Waals surface area contributed by atoms with Gasteiger partial charge in [-0.3, -0.25) is 9.36 Å². The fraction of sp³-hybridized carbons (Fsp3) is 0.0417. The first-order chi connectivity index (χ1) is 14.6. The van der Waals surface area contributed by atoms with E-state index < -0.39 is 5.97 Å². The number of hydrogen-bond donors (Lipinski definition) is 1. The molecule has 0 fully saturated rings. The summed E-state index contributed by atoms with van der Waals surface area (Å²) in [4.78, 5) is 29.0. The van der Waals surface area contributed by atoms with Crippen molar-refractivity contribution in [3.8, 4) is 11.4 Å². The van der Waals surface area contributed by atoms with Crippen LogP contribution < -0.4 is 10.3 Å². The molecule has 1 N–H and O–H groups in total. The van der Waals surface area contributed by atoms with Crippen molar-refractivity contribution in [3.63, 3.8) is 0 Å². The Bertz CT molecular complexity index is 1300. The van der Waals surface area contributed by atoms with Crippen LogP contribution in [-0.2, 0) is 0 Å². The molecule has 4 rings (SSSR count). The molecule has 0 aliphatic carbocycles. The normalized spacial score (nSPS) is 11.1. The third kappa shape index (κ3) is 3.71. The van der Waals surface area contributed by atoms with E-state index in [1.165, 1.54) is 16.7 Å². The number of ether oxygens (including phenoxy) is 1. The number of carboxylic acids is 1. The van der Waals surface area contributed by atoms with Gasteiger partial charge < -0.3 is 9.84 Å². The number of para-hydroxylation sites is 1. The van der Waals surface area contributed by atoms with Crippen molar-refractivity contribution < 1.29 is 14.6 Å². The molecule has 1 aromatic heterocycles. The Hall–Kier alpha value is -4.19. The van der Waals surface area contributed by atoms with E-state index >= 15 is 0 Å². The molecule has 0 saturated heterocycles. The molecule has 0 amide bonds. The second-order valence-corrected chi connectivity index (χ2v) is 6.59. The molecule has 0 atom stereocenters. The summed E-state index contributed by atoms with van der Waals surface area (Å²) in [6.07, 6.45) is 3.62. The number of rotatable bonds is 5. The van der Waals surface area contributed by atoms with Crippen LogP contribution in [-0.4, -0.2) is 27.7 Å². The molecular weight excluding hydrogens is 380 g/mol. The fourth-order valence-electron chi connectivity index (χ4n) is 3.15. The second kappa shape index (κ2) is 8.05. The van der Waals surface area contributed by atoms with Crippen LogP contribution in [0.4, 0.5) is 0 Å². The number of benzene rings is 3. The van der Waals surface area contributed by atoms with E-state index in [4.69, 9.17) is 9.84 Å². The topological polar surface area (TPSA) is 81.4 Å². The molecule has 0 unspecified atom stereocenters. The molecule has 0 bridgehead atoms. The Morgan fingerprint density at radius 2 is 1.67 bits per heavy atom. The van der Waals surface area contributed by atoms with Crippen molar-refractivity contribution in [1.29, 1.82) is 0 Å². The number of fused-ring (bicyclic) bond motifs is 1. The molecule has 6 nitrogen and oxygen atoms in total. The van der Waals surface area contributed by atoms with E-state index in [0.717, 1.165) is 11.3 Å². The number of carbonyl (C=O) groups is 1. The Morgan fingerprint density at radius 3 is 2.33 bits per heavy atom. The summed E-state index contributed by atoms with van der Waals surface area (Å²) < 4.78 is 6.66. The zero-order chi connectivity index (χ0) is 21.1. The Balaban J connectivity index is 1.86. The molecule has 1 heterocycles. The summed E-state index contributed by atoms with van der Waals surface area (Å²) in [6, 6.07) is 20.8. The highest BCUT2D eigenvalue weighted by Gasteiger charge is 2.12. The molecule has 6 heteroatoms. The maximum atomic E-state index is 13.2. The van der Waals surface area contributed by atoms with Gasteiger partial charge in [-0.1, -0.05) is 30.3 Å². The maximum Gasteiger partial charge on any atom is 0.335 e. The van der Waals surface area contributed by atoms with Gasteiger partial charge in [-0.05, 0) is 60.2 Å². The van der Waals surface area contributed by atoms with E-state index in [0.29, 0.717) is 22.4 Å². The minimum Gasteiger partial charge on any atom is -0.497 e. The summed E-state index contributed by atoms with van der Waals surface area (Å²) in [5, 5.41) is 9.63. The summed E-state index contributed by atoms with van der Waals surface area (Å²) in [7, 11) is 1.61. The van der Waals surface area contributed by atoms with E-state index in [2.05, 4.69) is 4.98 Å². The third-order valence-corrected chi connectivity index (χ3v) is 4.71. The van der Waals surface area contributed by atoms with Crippen LogP contribution in [0.2, 0.25) is 0 Å². The second-order valence-electron chi connectivity index (χ2n) is 6.59. The zero-order valence-electron chi connectivity index (χ0n) is 16.1. The lowest BCUT2D eigenvalue weighted by Gasteiger charge is -2.11. The van der Waals surface area contributed by atoms with Gasteiger partial charge in [-0.15, -0.1) is 0 Å². The van der Waals surface area contributed by atoms with Crippen LogP contribution >= 0.6 is 0 Å². The first kappa shape index (κ1) is 19.1. The fourth-order valence-corrected chi connectivity index (χ4v) is 3.15. The van der Waals surface area contributed by atoms with Gasteiger partial charge >= 0.3 is 5.97 Å². The summed E-state index contributed by atoms with van der Waals surface area (Å²) >= 11 is 0. The summed E-state index contributed by atoms with van der Waals surface area (Å²) in [5.74, 6) is 0.175. The van der Waals surface area contributed by atoms with Crippen molar-refractivity contribution in [1.82, 2.24) is 9.55 Å². The number of methoxy groups -OCH3 is 1. The monoisotopic (exact) mass is 398 g/mol. The number of aromatic nitrogens is 2. The standard InChI is InChI=1S/C24H18N2O4/c1-30-19-13-6-16(7-14-19)8-15-22-25-21-5-3-2-4-20(21)23(27)26(22)18-11-9-17(10-12-18)24(28)29/h2-15H,1H3,(H,28,29)/b15-8+. The molecule has 0 saturated carbocycles. The largest absolute Gasteiger partial charge is 0.497 e. The van der Waals surface area contributed by atoms with Crippen molar-refractivity contribution in [2.45, 2.75) is 0 Å². The van der Waals surface area contributed by atoms with Crippen LogP contribution in [0.5, 0.6) is 5.75 Å². The van der Waals surface area contributed by atoms with Gasteiger partial charge in [0.2, 0.25) is 0 Å². The average Bonchev–Trinajstić information content (AvgIpc) is 2.78. The van der Waals surface area contributed by atoms with Gasteiger partial charge in [0, 0.05) is 0 Å². The summed E-state index contributed by atoms with van der Waals surface area (Å²) in [5.41, 5.74) is 1.98. The van der Waals surface area contributed by atoms with Gasteiger partial charge in [0.1, 0.15) is 11.6 Å². The average molecular weight is 398 g/mol. The number of aromatic carboxylic acids is 1. The van der Waals surface area contributed by atoms with Crippen LogP contribution in [0, 0.1) is 0 Å². The Labute approximate surface area is 172 Å². The quantitative estimate of drug-likeness (QED) is 0.543. The highest BCUT2D eigenvalue weighted by Crippen LogP contribution is 2.17. The van der Waals surface area contributed by atoms with E-state index in [1.54, 1.807) is 43.5 Å². The Morgan fingerprint density at radius 1 is 0.967 bits per heavy atom. The maximum absolute atomic E-state index is 13.2. The van der Waals surface area contributed by atoms with Crippen molar-refractivity contribution in [2.24, 2.45) is 0 Å². The van der Waals surface area contributed by atoms with Gasteiger partial charge in [-0.25, -0.2) is 9.78 Å². The minimum absolute atomic E-state index is 0.149. The minimum atomic E-state index is -1.02. The highest BCUT2D eigenvalue weighted by atomic mass is 16.5. The molecule has 30 heavy (non-hydrogen) atoms. The van der Waals surface area contributed by atoms with E-state index in [1.807, 2.05) is 36.4 Å². The first-order valence-corrected chi connectivity index (χ1v) is 9.24. The van der Waals surface area contributed by atoms with Gasteiger partial charge in [0.05, 0.1) is 29.3 Å². The lowest BCUT2D eigenvalue weighted by atomic mass is 10.1. The van der Waals surface area contributed by atoms with Crippen molar-refractivity contribution >= 4 is 29.0 Å².